The predicted octanol–water partition coefficient (Wildman–Crippen LogP) is 4.59. The van der Waals surface area contributed by atoms with E-state index in [0.29, 0.717) is 21.4 Å². The minimum atomic E-state index is -3.73. The van der Waals surface area contributed by atoms with E-state index in [-0.39, 0.29) is 10.0 Å². The standard InChI is InChI=1S/C15H12ClN5O2S2/c16-10-1-5-12(6-2-10)19-20-14-9-18-15(24-14)21-25(22,23)13-7-3-11(17)4-8-13/h1-9H,17H2,(H,18,21). The number of aromatic nitrogens is 1. The number of hydrogen-bond acceptors (Lipinski definition) is 7. The van der Waals surface area contributed by atoms with Crippen molar-refractivity contribution in [3.05, 3.63) is 59.8 Å². The summed E-state index contributed by atoms with van der Waals surface area (Å²) in [6.07, 6.45) is 1.44. The third-order valence-corrected chi connectivity index (χ3v) is 5.53. The molecule has 0 saturated heterocycles. The van der Waals surface area contributed by atoms with E-state index in [1.807, 2.05) is 0 Å². The number of rotatable bonds is 5. The monoisotopic (exact) mass is 393 g/mol. The molecule has 0 atom stereocenters. The van der Waals surface area contributed by atoms with Crippen LogP contribution in [0.25, 0.3) is 0 Å². The van der Waals surface area contributed by atoms with Crippen LogP contribution in [-0.4, -0.2) is 13.4 Å². The van der Waals surface area contributed by atoms with E-state index in [1.54, 1.807) is 24.3 Å². The number of nitrogen functional groups attached to an aromatic ring is 1. The van der Waals surface area contributed by atoms with Crippen molar-refractivity contribution in [3.8, 4) is 0 Å². The van der Waals surface area contributed by atoms with Gasteiger partial charge in [0.25, 0.3) is 10.0 Å². The lowest BCUT2D eigenvalue weighted by Gasteiger charge is -2.04. The van der Waals surface area contributed by atoms with E-state index in [1.165, 1.54) is 30.5 Å². The fourth-order valence-electron chi connectivity index (χ4n) is 1.79. The van der Waals surface area contributed by atoms with E-state index in [2.05, 4.69) is 19.9 Å². The molecule has 25 heavy (non-hydrogen) atoms. The number of nitrogens with zero attached hydrogens (tertiary/aromatic N) is 3. The Morgan fingerprint density at radius 3 is 2.40 bits per heavy atom. The molecular weight excluding hydrogens is 382 g/mol. The van der Waals surface area contributed by atoms with Crippen LogP contribution in [0.4, 0.5) is 21.5 Å². The van der Waals surface area contributed by atoms with Crippen LogP contribution in [0.3, 0.4) is 0 Å². The van der Waals surface area contributed by atoms with Gasteiger partial charge in [0.05, 0.1) is 16.8 Å². The number of nitrogens with two attached hydrogens (primary N) is 1. The Kier molecular flexibility index (Phi) is 4.98. The van der Waals surface area contributed by atoms with Gasteiger partial charge in [0, 0.05) is 10.7 Å². The molecule has 0 saturated carbocycles. The first-order valence-electron chi connectivity index (χ1n) is 6.94. The highest BCUT2D eigenvalue weighted by atomic mass is 35.5. The summed E-state index contributed by atoms with van der Waals surface area (Å²) in [6.45, 7) is 0. The van der Waals surface area contributed by atoms with E-state index in [9.17, 15) is 8.42 Å². The molecule has 1 aromatic heterocycles. The number of halogens is 1. The highest BCUT2D eigenvalue weighted by Crippen LogP contribution is 2.29. The molecule has 0 bridgehead atoms. The minimum Gasteiger partial charge on any atom is -0.399 e. The predicted molar refractivity (Wildman–Crippen MR) is 99.4 cm³/mol. The van der Waals surface area contributed by atoms with Crippen LogP contribution in [0.5, 0.6) is 0 Å². The van der Waals surface area contributed by atoms with Gasteiger partial charge in [-0.15, -0.1) is 10.2 Å². The lowest BCUT2D eigenvalue weighted by molar-refractivity contribution is 0.601. The fraction of sp³-hybridized carbons (Fsp3) is 0. The number of nitrogens with one attached hydrogen (secondary N) is 1. The van der Waals surface area contributed by atoms with Gasteiger partial charge in [-0.1, -0.05) is 22.9 Å². The number of thiazole rings is 1. The summed E-state index contributed by atoms with van der Waals surface area (Å²) in [6, 6.07) is 12.7. The molecule has 10 heteroatoms. The summed E-state index contributed by atoms with van der Waals surface area (Å²) in [5.41, 5.74) is 6.67. The van der Waals surface area contributed by atoms with Gasteiger partial charge in [-0.25, -0.2) is 13.4 Å². The molecule has 2 aromatic carbocycles. The maximum Gasteiger partial charge on any atom is 0.263 e. The van der Waals surface area contributed by atoms with Crippen LogP contribution in [0.15, 0.2) is 69.9 Å². The van der Waals surface area contributed by atoms with Crippen molar-refractivity contribution >= 4 is 54.5 Å². The zero-order valence-corrected chi connectivity index (χ0v) is 15.0. The number of azo groups is 1. The summed E-state index contributed by atoms with van der Waals surface area (Å²) in [5.74, 6) is 0. The lowest BCUT2D eigenvalue weighted by Crippen LogP contribution is -2.12. The van der Waals surface area contributed by atoms with E-state index in [4.69, 9.17) is 17.3 Å². The highest BCUT2D eigenvalue weighted by molar-refractivity contribution is 7.93. The van der Waals surface area contributed by atoms with Crippen molar-refractivity contribution in [2.75, 3.05) is 10.5 Å². The van der Waals surface area contributed by atoms with Crippen molar-refractivity contribution in [1.82, 2.24) is 4.98 Å². The lowest BCUT2D eigenvalue weighted by atomic mass is 10.3. The average Bonchev–Trinajstić information content (AvgIpc) is 3.01. The molecule has 0 aliphatic rings. The van der Waals surface area contributed by atoms with Gasteiger partial charge in [0.1, 0.15) is 0 Å². The Morgan fingerprint density at radius 1 is 1.04 bits per heavy atom. The number of sulfonamides is 1. The van der Waals surface area contributed by atoms with Crippen LogP contribution in [0.1, 0.15) is 0 Å². The van der Waals surface area contributed by atoms with Gasteiger partial charge in [0.2, 0.25) is 0 Å². The molecule has 0 spiro atoms. The summed E-state index contributed by atoms with van der Waals surface area (Å²) in [4.78, 5) is 4.10. The molecule has 7 nitrogen and oxygen atoms in total. The third kappa shape index (κ3) is 4.53. The molecule has 0 unspecified atom stereocenters. The second-order valence-electron chi connectivity index (χ2n) is 4.85. The van der Waals surface area contributed by atoms with E-state index < -0.39 is 10.0 Å². The van der Waals surface area contributed by atoms with Crippen molar-refractivity contribution in [2.45, 2.75) is 4.90 Å². The summed E-state index contributed by atoms with van der Waals surface area (Å²) in [7, 11) is -3.73. The molecule has 3 rings (SSSR count). The summed E-state index contributed by atoms with van der Waals surface area (Å²) < 4.78 is 27.0. The SMILES string of the molecule is Nc1ccc(S(=O)(=O)Nc2ncc(N=Nc3ccc(Cl)cc3)s2)cc1. The maximum atomic E-state index is 12.3. The normalized spacial score (nSPS) is 11.7. The molecule has 128 valence electrons. The van der Waals surface area contributed by atoms with E-state index >= 15 is 0 Å². The Labute approximate surface area is 153 Å². The third-order valence-electron chi connectivity index (χ3n) is 3.00. The molecule has 0 radical (unpaired) electrons. The second-order valence-corrected chi connectivity index (χ2v) is 7.98. The van der Waals surface area contributed by atoms with Crippen molar-refractivity contribution < 1.29 is 8.42 Å². The Balaban J connectivity index is 1.73. The van der Waals surface area contributed by atoms with Gasteiger partial charge < -0.3 is 5.73 Å². The number of hydrogen-bond donors (Lipinski definition) is 2. The number of anilines is 2. The molecule has 1 heterocycles. The first kappa shape index (κ1) is 17.3. The van der Waals surface area contributed by atoms with Crippen molar-refractivity contribution in [2.24, 2.45) is 10.2 Å². The van der Waals surface area contributed by atoms with Gasteiger partial charge in [0.15, 0.2) is 10.1 Å². The zero-order chi connectivity index (χ0) is 17.9. The zero-order valence-electron chi connectivity index (χ0n) is 12.6. The quantitative estimate of drug-likeness (QED) is 0.487. The van der Waals surface area contributed by atoms with Crippen LogP contribution in [-0.2, 0) is 10.0 Å². The molecule has 3 aromatic rings. The largest absolute Gasteiger partial charge is 0.399 e. The van der Waals surface area contributed by atoms with Crippen LogP contribution < -0.4 is 10.5 Å². The topological polar surface area (TPSA) is 110 Å². The molecule has 0 amide bonds. The van der Waals surface area contributed by atoms with E-state index in [0.717, 1.165) is 11.3 Å². The summed E-state index contributed by atoms with van der Waals surface area (Å²) >= 11 is 6.87. The summed E-state index contributed by atoms with van der Waals surface area (Å²) in [5, 5.41) is 9.34. The molecule has 0 aliphatic carbocycles. The fourth-order valence-corrected chi connectivity index (χ4v) is 3.80. The molecular formula is C15H12ClN5O2S2. The molecule has 0 aliphatic heterocycles. The smallest absolute Gasteiger partial charge is 0.263 e. The molecule has 3 N–H and O–H groups in total. The van der Waals surface area contributed by atoms with Crippen molar-refractivity contribution in [1.29, 1.82) is 0 Å². The first-order valence-corrected chi connectivity index (χ1v) is 9.62. The van der Waals surface area contributed by atoms with Gasteiger partial charge in [-0.05, 0) is 48.5 Å². The minimum absolute atomic E-state index is 0.0984. The Morgan fingerprint density at radius 2 is 1.72 bits per heavy atom. The first-order chi connectivity index (χ1) is 11.9. The Bertz CT molecular complexity index is 999. The van der Waals surface area contributed by atoms with Gasteiger partial charge in [-0.2, -0.15) is 0 Å². The highest BCUT2D eigenvalue weighted by Gasteiger charge is 2.16. The Hall–Kier alpha value is -2.49. The van der Waals surface area contributed by atoms with Gasteiger partial charge >= 0.3 is 0 Å². The van der Waals surface area contributed by atoms with Crippen LogP contribution in [0, 0.1) is 0 Å². The average molecular weight is 394 g/mol. The van der Waals surface area contributed by atoms with Crippen LogP contribution in [0.2, 0.25) is 5.02 Å². The van der Waals surface area contributed by atoms with Crippen molar-refractivity contribution in [3.63, 3.8) is 0 Å². The number of benzene rings is 2. The van der Waals surface area contributed by atoms with Gasteiger partial charge in [-0.3, -0.25) is 4.72 Å². The molecule has 0 fully saturated rings. The maximum absolute atomic E-state index is 12.3. The second kappa shape index (κ2) is 7.18. The van der Waals surface area contributed by atoms with Crippen LogP contribution >= 0.6 is 22.9 Å².